The molecule has 1 aromatic heterocycles. The zero-order valence-electron chi connectivity index (χ0n) is 7.97. The summed E-state index contributed by atoms with van der Waals surface area (Å²) in [7, 11) is 0. The van der Waals surface area contributed by atoms with Gasteiger partial charge in [0, 0.05) is 17.6 Å². The quantitative estimate of drug-likeness (QED) is 0.809. The first-order chi connectivity index (χ1) is 6.86. The van der Waals surface area contributed by atoms with Crippen LogP contribution in [0.1, 0.15) is 25.7 Å². The van der Waals surface area contributed by atoms with Crippen LogP contribution < -0.4 is 0 Å². The number of aliphatic hydroxyl groups excluding tert-OH is 1. The third-order valence-electron chi connectivity index (χ3n) is 2.48. The normalized spacial score (nSPS) is 27.5. The molecule has 3 nitrogen and oxygen atoms in total. The van der Waals surface area contributed by atoms with Gasteiger partial charge < -0.3 is 5.11 Å². The Kier molecular flexibility index (Phi) is 3.37. The average Bonchev–Trinajstić information content (AvgIpc) is 2.23. The molecule has 1 aliphatic carbocycles. The van der Waals surface area contributed by atoms with Gasteiger partial charge in [0.15, 0.2) is 0 Å². The lowest BCUT2D eigenvalue weighted by atomic mass is 9.97. The van der Waals surface area contributed by atoms with Crippen LogP contribution in [0.5, 0.6) is 0 Å². The van der Waals surface area contributed by atoms with Crippen LogP contribution in [0.4, 0.5) is 0 Å². The molecule has 0 aliphatic heterocycles. The molecule has 0 bridgehead atoms. The second-order valence-electron chi connectivity index (χ2n) is 3.55. The topological polar surface area (TPSA) is 46.0 Å². The van der Waals surface area contributed by atoms with Gasteiger partial charge in [0.05, 0.1) is 12.3 Å². The molecule has 2 rings (SSSR count). The van der Waals surface area contributed by atoms with Gasteiger partial charge in [0.25, 0.3) is 0 Å². The van der Waals surface area contributed by atoms with Gasteiger partial charge in [-0.15, -0.1) is 0 Å². The molecule has 76 valence electrons. The summed E-state index contributed by atoms with van der Waals surface area (Å²) in [6, 6.07) is 0. The van der Waals surface area contributed by atoms with Crippen molar-refractivity contribution in [2.75, 3.05) is 0 Å². The van der Waals surface area contributed by atoms with Crippen molar-refractivity contribution in [3.63, 3.8) is 0 Å². The molecule has 4 heteroatoms. The SMILES string of the molecule is OC1CCCCC1Sc1cnccn1. The lowest BCUT2D eigenvalue weighted by Gasteiger charge is -2.26. The molecule has 0 spiro atoms. The maximum atomic E-state index is 9.76. The number of nitrogens with zero attached hydrogens (tertiary/aromatic N) is 2. The second-order valence-corrected chi connectivity index (χ2v) is 4.81. The van der Waals surface area contributed by atoms with Gasteiger partial charge in [0.2, 0.25) is 0 Å². The maximum Gasteiger partial charge on any atom is 0.115 e. The minimum absolute atomic E-state index is 0.171. The third kappa shape index (κ3) is 2.45. The minimum Gasteiger partial charge on any atom is -0.392 e. The molecule has 0 amide bonds. The maximum absolute atomic E-state index is 9.76. The molecule has 2 atom stereocenters. The summed E-state index contributed by atoms with van der Waals surface area (Å²) in [6.07, 6.45) is 9.33. The summed E-state index contributed by atoms with van der Waals surface area (Å²) in [4.78, 5) is 8.21. The van der Waals surface area contributed by atoms with E-state index < -0.39 is 0 Å². The van der Waals surface area contributed by atoms with E-state index in [9.17, 15) is 5.11 Å². The van der Waals surface area contributed by atoms with Crippen molar-refractivity contribution in [3.05, 3.63) is 18.6 Å². The van der Waals surface area contributed by atoms with Crippen molar-refractivity contribution in [1.29, 1.82) is 0 Å². The molecule has 0 saturated heterocycles. The van der Waals surface area contributed by atoms with E-state index in [0.717, 1.165) is 24.3 Å². The monoisotopic (exact) mass is 210 g/mol. The van der Waals surface area contributed by atoms with Crippen LogP contribution >= 0.6 is 11.8 Å². The second kappa shape index (κ2) is 4.75. The van der Waals surface area contributed by atoms with Crippen LogP contribution in [0.2, 0.25) is 0 Å². The van der Waals surface area contributed by atoms with Crippen LogP contribution in [-0.2, 0) is 0 Å². The third-order valence-corrected chi connectivity index (χ3v) is 3.78. The molecule has 14 heavy (non-hydrogen) atoms. The summed E-state index contributed by atoms with van der Waals surface area (Å²) in [5.41, 5.74) is 0. The zero-order valence-corrected chi connectivity index (χ0v) is 8.78. The van der Waals surface area contributed by atoms with Crippen LogP contribution in [0.3, 0.4) is 0 Å². The number of hydrogen-bond donors (Lipinski definition) is 1. The molecular weight excluding hydrogens is 196 g/mol. The molecule has 1 heterocycles. The number of rotatable bonds is 2. The first kappa shape index (κ1) is 9.93. The lowest BCUT2D eigenvalue weighted by Crippen LogP contribution is -2.26. The minimum atomic E-state index is -0.171. The van der Waals surface area contributed by atoms with Crippen LogP contribution in [0.25, 0.3) is 0 Å². The molecule has 1 fully saturated rings. The Bertz CT molecular complexity index is 281. The lowest BCUT2D eigenvalue weighted by molar-refractivity contribution is 0.137. The largest absolute Gasteiger partial charge is 0.392 e. The predicted molar refractivity (Wildman–Crippen MR) is 56.2 cm³/mol. The molecule has 2 unspecified atom stereocenters. The van der Waals surface area contributed by atoms with Gasteiger partial charge in [-0.05, 0) is 12.8 Å². The number of aromatic nitrogens is 2. The Labute approximate surface area is 88.0 Å². The van der Waals surface area contributed by atoms with Crippen molar-refractivity contribution < 1.29 is 5.11 Å². The highest BCUT2D eigenvalue weighted by Crippen LogP contribution is 2.32. The average molecular weight is 210 g/mol. The standard InChI is InChI=1S/C10H14N2OS/c13-8-3-1-2-4-9(8)14-10-7-11-5-6-12-10/h5-9,13H,1-4H2. The molecule has 1 N–H and O–H groups in total. The van der Waals surface area contributed by atoms with Gasteiger partial charge in [-0.1, -0.05) is 24.6 Å². The Morgan fingerprint density at radius 3 is 2.86 bits per heavy atom. The van der Waals surface area contributed by atoms with Crippen LogP contribution in [0, 0.1) is 0 Å². The van der Waals surface area contributed by atoms with Crippen LogP contribution in [-0.4, -0.2) is 26.4 Å². The van der Waals surface area contributed by atoms with E-state index in [2.05, 4.69) is 9.97 Å². The Balaban J connectivity index is 1.96. The summed E-state index contributed by atoms with van der Waals surface area (Å²) < 4.78 is 0. The summed E-state index contributed by atoms with van der Waals surface area (Å²) >= 11 is 1.65. The van der Waals surface area contributed by atoms with Crippen molar-refractivity contribution in [3.8, 4) is 0 Å². The van der Waals surface area contributed by atoms with Gasteiger partial charge >= 0.3 is 0 Å². The molecule has 0 radical (unpaired) electrons. The summed E-state index contributed by atoms with van der Waals surface area (Å²) in [5.74, 6) is 0. The first-order valence-corrected chi connectivity index (χ1v) is 5.85. The summed E-state index contributed by atoms with van der Waals surface area (Å²) in [6.45, 7) is 0. The fourth-order valence-corrected chi connectivity index (χ4v) is 2.85. The van der Waals surface area contributed by atoms with Crippen LogP contribution in [0.15, 0.2) is 23.6 Å². The molecular formula is C10H14N2OS. The highest BCUT2D eigenvalue weighted by molar-refractivity contribution is 7.99. The summed E-state index contributed by atoms with van der Waals surface area (Å²) in [5, 5.41) is 11.0. The number of aliphatic hydroxyl groups is 1. The van der Waals surface area contributed by atoms with E-state index in [1.807, 2.05) is 0 Å². The fourth-order valence-electron chi connectivity index (χ4n) is 1.72. The molecule has 0 aromatic carbocycles. The van der Waals surface area contributed by atoms with E-state index in [0.29, 0.717) is 5.25 Å². The van der Waals surface area contributed by atoms with E-state index in [-0.39, 0.29) is 6.10 Å². The Morgan fingerprint density at radius 1 is 1.29 bits per heavy atom. The van der Waals surface area contributed by atoms with E-state index in [1.165, 1.54) is 6.42 Å². The molecule has 1 aliphatic rings. The highest BCUT2D eigenvalue weighted by Gasteiger charge is 2.24. The fraction of sp³-hybridized carbons (Fsp3) is 0.600. The smallest absolute Gasteiger partial charge is 0.115 e. The Hall–Kier alpha value is -0.610. The van der Waals surface area contributed by atoms with Gasteiger partial charge in [0.1, 0.15) is 5.03 Å². The van der Waals surface area contributed by atoms with E-state index >= 15 is 0 Å². The van der Waals surface area contributed by atoms with Gasteiger partial charge in [-0.3, -0.25) is 4.98 Å². The predicted octanol–water partition coefficient (Wildman–Crippen LogP) is 1.87. The van der Waals surface area contributed by atoms with Crippen molar-refractivity contribution in [2.45, 2.75) is 42.1 Å². The number of hydrogen-bond acceptors (Lipinski definition) is 4. The highest BCUT2D eigenvalue weighted by atomic mass is 32.2. The van der Waals surface area contributed by atoms with Crippen molar-refractivity contribution >= 4 is 11.8 Å². The van der Waals surface area contributed by atoms with Crippen molar-refractivity contribution in [1.82, 2.24) is 9.97 Å². The van der Waals surface area contributed by atoms with Gasteiger partial charge in [-0.2, -0.15) is 0 Å². The van der Waals surface area contributed by atoms with E-state index in [1.54, 1.807) is 30.4 Å². The first-order valence-electron chi connectivity index (χ1n) is 4.97. The van der Waals surface area contributed by atoms with E-state index in [4.69, 9.17) is 0 Å². The molecule has 1 aromatic rings. The Morgan fingerprint density at radius 2 is 2.14 bits per heavy atom. The number of thioether (sulfide) groups is 1. The molecule has 1 saturated carbocycles. The zero-order chi connectivity index (χ0) is 9.80. The van der Waals surface area contributed by atoms with Crippen molar-refractivity contribution in [2.24, 2.45) is 0 Å². The van der Waals surface area contributed by atoms with Gasteiger partial charge in [-0.25, -0.2) is 4.98 Å².